The summed E-state index contributed by atoms with van der Waals surface area (Å²) in [6.07, 6.45) is 5.20. The molecule has 4 rings (SSSR count). The summed E-state index contributed by atoms with van der Waals surface area (Å²) in [6.45, 7) is 11.4. The third-order valence-electron chi connectivity index (χ3n) is 7.99. The molecular formula is C29H39N3O3. The maximum Gasteiger partial charge on any atom is 0.224 e. The summed E-state index contributed by atoms with van der Waals surface area (Å²) >= 11 is 0. The van der Waals surface area contributed by atoms with Gasteiger partial charge in [0.25, 0.3) is 0 Å². The second-order valence-corrected chi connectivity index (χ2v) is 10.7. The lowest BCUT2D eigenvalue weighted by atomic mass is 9.57. The Hall–Kier alpha value is -2.86. The highest BCUT2D eigenvalue weighted by atomic mass is 16.5. The van der Waals surface area contributed by atoms with Crippen molar-refractivity contribution in [2.24, 2.45) is 11.7 Å². The third-order valence-corrected chi connectivity index (χ3v) is 7.99. The molecule has 188 valence electrons. The topological polar surface area (TPSA) is 75.9 Å². The molecule has 2 aliphatic heterocycles. The molecule has 0 spiro atoms. The van der Waals surface area contributed by atoms with Crippen LogP contribution < -0.4 is 15.4 Å². The predicted octanol–water partition coefficient (Wildman–Crippen LogP) is 4.49. The van der Waals surface area contributed by atoms with Crippen molar-refractivity contribution in [3.63, 3.8) is 0 Å². The molecular weight excluding hydrogens is 438 g/mol. The quantitative estimate of drug-likeness (QED) is 0.665. The van der Waals surface area contributed by atoms with Crippen LogP contribution in [0.25, 0.3) is 0 Å². The van der Waals surface area contributed by atoms with Crippen molar-refractivity contribution in [3.8, 4) is 5.75 Å². The molecule has 0 bridgehead atoms. The van der Waals surface area contributed by atoms with Crippen LogP contribution >= 0.6 is 0 Å². The van der Waals surface area contributed by atoms with Gasteiger partial charge in [0.1, 0.15) is 12.4 Å². The Morgan fingerprint density at radius 3 is 2.20 bits per heavy atom. The SMILES string of the molecule is CC(=O)N1c2ccccc2C(C)(c2ccc(OCCN3CCCCCC3)cc2)C(C(N)=O)C1(C)C. The van der Waals surface area contributed by atoms with Crippen molar-refractivity contribution in [3.05, 3.63) is 59.7 Å². The van der Waals surface area contributed by atoms with Gasteiger partial charge in [0.05, 0.1) is 11.5 Å². The van der Waals surface area contributed by atoms with Gasteiger partial charge in [0.15, 0.2) is 0 Å². The molecule has 6 heteroatoms. The molecule has 0 saturated carbocycles. The van der Waals surface area contributed by atoms with Gasteiger partial charge >= 0.3 is 0 Å². The Kier molecular flexibility index (Phi) is 7.22. The average Bonchev–Trinajstić information content (AvgIpc) is 3.07. The molecule has 2 heterocycles. The van der Waals surface area contributed by atoms with Gasteiger partial charge in [-0.2, -0.15) is 0 Å². The Bertz CT molecular complexity index is 1060. The van der Waals surface area contributed by atoms with Gasteiger partial charge in [-0.25, -0.2) is 0 Å². The molecule has 0 radical (unpaired) electrons. The molecule has 2 aromatic carbocycles. The van der Waals surface area contributed by atoms with E-state index in [1.54, 1.807) is 4.90 Å². The number of benzene rings is 2. The number of carbonyl (C=O) groups is 2. The molecule has 2 amide bonds. The van der Waals surface area contributed by atoms with Gasteiger partial charge in [0.2, 0.25) is 11.8 Å². The molecule has 2 unspecified atom stereocenters. The number of nitrogens with two attached hydrogens (primary N) is 1. The first-order chi connectivity index (χ1) is 16.7. The number of hydrogen-bond acceptors (Lipinski definition) is 4. The van der Waals surface area contributed by atoms with Crippen LogP contribution in [0.1, 0.15) is 64.5 Å². The Morgan fingerprint density at radius 2 is 1.60 bits per heavy atom. The number of rotatable bonds is 6. The molecule has 2 aliphatic rings. The number of amides is 2. The van der Waals surface area contributed by atoms with E-state index >= 15 is 0 Å². The van der Waals surface area contributed by atoms with Gasteiger partial charge in [0, 0.05) is 24.6 Å². The number of nitrogens with zero attached hydrogens (tertiary/aromatic N) is 2. The Balaban J connectivity index is 1.63. The number of primary amides is 1. The zero-order valence-corrected chi connectivity index (χ0v) is 21.5. The minimum atomic E-state index is -0.802. The van der Waals surface area contributed by atoms with Gasteiger partial charge < -0.3 is 15.4 Å². The maximum absolute atomic E-state index is 13.0. The smallest absolute Gasteiger partial charge is 0.224 e. The minimum Gasteiger partial charge on any atom is -0.492 e. The van der Waals surface area contributed by atoms with Crippen LogP contribution in [-0.2, 0) is 15.0 Å². The highest BCUT2D eigenvalue weighted by Crippen LogP contribution is 2.54. The number of likely N-dealkylation sites (tertiary alicyclic amines) is 1. The summed E-state index contributed by atoms with van der Waals surface area (Å²) in [6, 6.07) is 15.9. The van der Waals surface area contributed by atoms with E-state index < -0.39 is 22.8 Å². The summed E-state index contributed by atoms with van der Waals surface area (Å²) < 4.78 is 6.07. The largest absolute Gasteiger partial charge is 0.492 e. The van der Waals surface area contributed by atoms with Gasteiger partial charge in [-0.05, 0) is 69.1 Å². The van der Waals surface area contributed by atoms with Crippen molar-refractivity contribution in [2.75, 3.05) is 31.1 Å². The van der Waals surface area contributed by atoms with E-state index in [9.17, 15) is 9.59 Å². The van der Waals surface area contributed by atoms with Crippen LogP contribution in [0.3, 0.4) is 0 Å². The second-order valence-electron chi connectivity index (χ2n) is 10.7. The van der Waals surface area contributed by atoms with Crippen molar-refractivity contribution in [1.82, 2.24) is 4.90 Å². The summed E-state index contributed by atoms with van der Waals surface area (Å²) in [5.74, 6) is -0.333. The molecule has 0 aliphatic carbocycles. The first-order valence-corrected chi connectivity index (χ1v) is 12.8. The van der Waals surface area contributed by atoms with E-state index in [1.807, 2.05) is 62.4 Å². The highest BCUT2D eigenvalue weighted by Gasteiger charge is 2.57. The number of fused-ring (bicyclic) bond motifs is 1. The first kappa shape index (κ1) is 25.2. The number of anilines is 1. The highest BCUT2D eigenvalue weighted by molar-refractivity contribution is 5.98. The Morgan fingerprint density at radius 1 is 0.971 bits per heavy atom. The van der Waals surface area contributed by atoms with Gasteiger partial charge in [-0.3, -0.25) is 14.5 Å². The predicted molar refractivity (Wildman–Crippen MR) is 140 cm³/mol. The van der Waals surface area contributed by atoms with Gasteiger partial charge in [-0.15, -0.1) is 0 Å². The van der Waals surface area contributed by atoms with E-state index in [0.29, 0.717) is 6.61 Å². The van der Waals surface area contributed by atoms with Crippen LogP contribution in [0.2, 0.25) is 0 Å². The third kappa shape index (κ3) is 4.68. The standard InChI is InChI=1S/C29H39N3O3/c1-21(33)32-25-12-8-7-11-24(25)29(4,26(27(30)34)28(32,2)3)22-13-15-23(16-14-22)35-20-19-31-17-9-5-6-10-18-31/h7-8,11-16,26H,5-6,9-10,17-20H2,1-4H3,(H2,30,34). The molecule has 0 aromatic heterocycles. The maximum atomic E-state index is 13.0. The number of para-hydroxylation sites is 1. The average molecular weight is 478 g/mol. The van der Waals surface area contributed by atoms with Crippen molar-refractivity contribution in [1.29, 1.82) is 0 Å². The zero-order chi connectivity index (χ0) is 25.2. The number of hydrogen-bond donors (Lipinski definition) is 1. The minimum absolute atomic E-state index is 0.107. The summed E-state index contributed by atoms with van der Waals surface area (Å²) in [5, 5.41) is 0. The van der Waals surface area contributed by atoms with Crippen molar-refractivity contribution < 1.29 is 14.3 Å². The first-order valence-electron chi connectivity index (χ1n) is 12.8. The van der Waals surface area contributed by atoms with Crippen LogP contribution in [0, 0.1) is 5.92 Å². The fourth-order valence-corrected chi connectivity index (χ4v) is 6.49. The van der Waals surface area contributed by atoms with Crippen LogP contribution in [0.4, 0.5) is 5.69 Å². The summed E-state index contributed by atoms with van der Waals surface area (Å²) in [7, 11) is 0. The monoisotopic (exact) mass is 477 g/mol. The zero-order valence-electron chi connectivity index (χ0n) is 21.5. The van der Waals surface area contributed by atoms with Crippen molar-refractivity contribution in [2.45, 2.75) is 64.3 Å². The Labute approximate surface area is 209 Å². The molecule has 1 saturated heterocycles. The molecule has 1 fully saturated rings. The molecule has 2 atom stereocenters. The fourth-order valence-electron chi connectivity index (χ4n) is 6.49. The molecule has 35 heavy (non-hydrogen) atoms. The van der Waals surface area contributed by atoms with Crippen molar-refractivity contribution >= 4 is 17.5 Å². The second kappa shape index (κ2) is 10.0. The van der Waals surface area contributed by atoms with E-state index in [1.165, 1.54) is 32.6 Å². The molecule has 6 nitrogen and oxygen atoms in total. The van der Waals surface area contributed by atoms with E-state index in [-0.39, 0.29) is 5.91 Å². The van der Waals surface area contributed by atoms with Gasteiger partial charge in [-0.1, -0.05) is 50.1 Å². The van der Waals surface area contributed by atoms with Crippen LogP contribution in [0.15, 0.2) is 48.5 Å². The molecule has 2 aromatic rings. The lowest BCUT2D eigenvalue weighted by Gasteiger charge is -2.55. The van der Waals surface area contributed by atoms with Crippen LogP contribution in [0.5, 0.6) is 5.75 Å². The summed E-state index contributed by atoms with van der Waals surface area (Å²) in [4.78, 5) is 29.9. The molecule has 2 N–H and O–H groups in total. The lowest BCUT2D eigenvalue weighted by Crippen LogP contribution is -2.65. The normalized spacial score (nSPS) is 24.3. The van der Waals surface area contributed by atoms with E-state index in [2.05, 4.69) is 11.8 Å². The van der Waals surface area contributed by atoms with E-state index in [4.69, 9.17) is 10.5 Å². The summed E-state index contributed by atoms with van der Waals surface area (Å²) in [5.41, 5.74) is 7.26. The fraction of sp³-hybridized carbons (Fsp3) is 0.517. The lowest BCUT2D eigenvalue weighted by molar-refractivity contribution is -0.127. The number of carbonyl (C=O) groups excluding carboxylic acids is 2. The van der Waals surface area contributed by atoms with Crippen LogP contribution in [-0.4, -0.2) is 48.5 Å². The number of ether oxygens (including phenoxy) is 1. The van der Waals surface area contributed by atoms with E-state index in [0.717, 1.165) is 42.2 Å².